The molecule has 0 radical (unpaired) electrons. The van der Waals surface area contributed by atoms with Gasteiger partial charge in [-0.25, -0.2) is 12.8 Å². The first-order valence-electron chi connectivity index (χ1n) is 7.38. The topological polar surface area (TPSA) is 66.9 Å². The summed E-state index contributed by atoms with van der Waals surface area (Å²) in [6.45, 7) is -0.354. The molecule has 0 saturated carbocycles. The zero-order valence-corrected chi connectivity index (χ0v) is 15.0. The Morgan fingerprint density at radius 2 is 1.76 bits per heavy atom. The molecule has 0 saturated heterocycles. The van der Waals surface area contributed by atoms with Crippen LogP contribution in [0.3, 0.4) is 0 Å². The Morgan fingerprint density at radius 3 is 2.36 bits per heavy atom. The van der Waals surface area contributed by atoms with Gasteiger partial charge in [0.25, 0.3) is 0 Å². The maximum absolute atomic E-state index is 13.0. The van der Waals surface area contributed by atoms with Gasteiger partial charge in [0.2, 0.25) is 15.9 Å². The number of rotatable bonds is 6. The van der Waals surface area contributed by atoms with E-state index in [0.29, 0.717) is 11.4 Å². The van der Waals surface area contributed by atoms with E-state index in [1.54, 1.807) is 31.3 Å². The molecule has 25 heavy (non-hydrogen) atoms. The van der Waals surface area contributed by atoms with Gasteiger partial charge in [-0.15, -0.1) is 0 Å². The van der Waals surface area contributed by atoms with Crippen LogP contribution in [0.4, 0.5) is 10.1 Å². The van der Waals surface area contributed by atoms with E-state index < -0.39 is 21.7 Å². The van der Waals surface area contributed by atoms with Gasteiger partial charge in [0, 0.05) is 25.8 Å². The molecule has 2 aromatic rings. The van der Waals surface area contributed by atoms with E-state index in [0.717, 1.165) is 28.6 Å². The van der Waals surface area contributed by atoms with Gasteiger partial charge in [-0.05, 0) is 36.4 Å². The minimum atomic E-state index is -3.88. The first-order valence-corrected chi connectivity index (χ1v) is 8.82. The van der Waals surface area contributed by atoms with E-state index in [4.69, 9.17) is 4.74 Å². The van der Waals surface area contributed by atoms with Crippen LogP contribution in [-0.2, 0) is 14.8 Å². The van der Waals surface area contributed by atoms with Crippen LogP contribution in [0.1, 0.15) is 0 Å². The number of sulfonamides is 1. The monoisotopic (exact) mass is 366 g/mol. The zero-order valence-electron chi connectivity index (χ0n) is 14.1. The third-order valence-electron chi connectivity index (χ3n) is 3.69. The van der Waals surface area contributed by atoms with Crippen molar-refractivity contribution in [1.82, 2.24) is 4.31 Å². The Balaban J connectivity index is 2.14. The van der Waals surface area contributed by atoms with Crippen LogP contribution in [0.15, 0.2) is 53.4 Å². The number of carbonyl (C=O) groups is 1. The second kappa shape index (κ2) is 7.62. The number of halogens is 1. The van der Waals surface area contributed by atoms with Gasteiger partial charge in [0.05, 0.1) is 18.6 Å². The average molecular weight is 366 g/mol. The first-order chi connectivity index (χ1) is 11.8. The van der Waals surface area contributed by atoms with E-state index >= 15 is 0 Å². The first kappa shape index (κ1) is 18.9. The van der Waals surface area contributed by atoms with Crippen LogP contribution in [0, 0.1) is 5.82 Å². The van der Waals surface area contributed by atoms with Crippen LogP contribution in [0.5, 0.6) is 5.75 Å². The fourth-order valence-electron chi connectivity index (χ4n) is 2.13. The molecule has 0 aliphatic rings. The van der Waals surface area contributed by atoms with Crippen molar-refractivity contribution < 1.29 is 22.3 Å². The molecule has 1 amide bonds. The highest BCUT2D eigenvalue weighted by molar-refractivity contribution is 7.89. The molecule has 2 aromatic carbocycles. The highest BCUT2D eigenvalue weighted by atomic mass is 32.2. The summed E-state index contributed by atoms with van der Waals surface area (Å²) in [4.78, 5) is 13.7. The molecule has 6 nitrogen and oxygen atoms in total. The van der Waals surface area contributed by atoms with Crippen LogP contribution in [0.2, 0.25) is 0 Å². The minimum absolute atomic E-state index is 0.0757. The number of amides is 1. The van der Waals surface area contributed by atoms with Crippen LogP contribution >= 0.6 is 0 Å². The number of ether oxygens (including phenoxy) is 1. The molecule has 0 heterocycles. The number of nitrogens with zero attached hydrogens (tertiary/aromatic N) is 2. The summed E-state index contributed by atoms with van der Waals surface area (Å²) in [6, 6.07) is 11.3. The molecule has 0 atom stereocenters. The van der Waals surface area contributed by atoms with Crippen molar-refractivity contribution in [3.05, 3.63) is 54.3 Å². The van der Waals surface area contributed by atoms with E-state index in [1.165, 1.54) is 19.1 Å². The van der Waals surface area contributed by atoms with Crippen molar-refractivity contribution in [3.63, 3.8) is 0 Å². The lowest BCUT2D eigenvalue weighted by molar-refractivity contribution is -0.118. The van der Waals surface area contributed by atoms with Crippen molar-refractivity contribution in [1.29, 1.82) is 0 Å². The molecule has 0 aliphatic carbocycles. The van der Waals surface area contributed by atoms with Gasteiger partial charge in [0.1, 0.15) is 11.6 Å². The Bertz CT molecular complexity index is 853. The SMILES string of the molecule is COc1cccc(N(C)C(=O)CN(C)S(=O)(=O)c2ccc(F)cc2)c1. The number of carbonyl (C=O) groups excluding carboxylic acids is 1. The van der Waals surface area contributed by atoms with Gasteiger partial charge in [-0.2, -0.15) is 4.31 Å². The Hall–Kier alpha value is -2.45. The maximum atomic E-state index is 13.0. The molecule has 0 N–H and O–H groups in total. The van der Waals surface area contributed by atoms with Crippen molar-refractivity contribution in [2.45, 2.75) is 4.90 Å². The highest BCUT2D eigenvalue weighted by Crippen LogP contribution is 2.21. The van der Waals surface area contributed by atoms with Gasteiger partial charge < -0.3 is 9.64 Å². The average Bonchev–Trinajstić information content (AvgIpc) is 2.61. The van der Waals surface area contributed by atoms with E-state index in [9.17, 15) is 17.6 Å². The lowest BCUT2D eigenvalue weighted by Crippen LogP contribution is -2.39. The molecule has 0 aromatic heterocycles. The predicted molar refractivity (Wildman–Crippen MR) is 92.6 cm³/mol. The van der Waals surface area contributed by atoms with Crippen molar-refractivity contribution >= 4 is 21.6 Å². The number of methoxy groups -OCH3 is 1. The molecule has 0 unspecified atom stereocenters. The summed E-state index contributed by atoms with van der Waals surface area (Å²) in [7, 11) is 0.486. The summed E-state index contributed by atoms with van der Waals surface area (Å²) >= 11 is 0. The fraction of sp³-hybridized carbons (Fsp3) is 0.235. The molecule has 0 bridgehead atoms. The molecule has 0 aliphatic heterocycles. The van der Waals surface area contributed by atoms with Crippen LogP contribution in [0.25, 0.3) is 0 Å². The maximum Gasteiger partial charge on any atom is 0.243 e. The third-order valence-corrected chi connectivity index (χ3v) is 5.51. The fourth-order valence-corrected chi connectivity index (χ4v) is 3.25. The Kier molecular flexibility index (Phi) is 5.76. The molecule has 0 spiro atoms. The molecule has 134 valence electrons. The van der Waals surface area contributed by atoms with Crippen LogP contribution in [-0.4, -0.2) is 46.4 Å². The van der Waals surface area contributed by atoms with Gasteiger partial charge >= 0.3 is 0 Å². The summed E-state index contributed by atoms with van der Waals surface area (Å²) in [5.41, 5.74) is 0.580. The molecule has 8 heteroatoms. The third kappa shape index (κ3) is 4.34. The summed E-state index contributed by atoms with van der Waals surface area (Å²) in [5.74, 6) is -0.360. The second-order valence-corrected chi connectivity index (χ2v) is 7.41. The van der Waals surface area contributed by atoms with Gasteiger partial charge in [-0.1, -0.05) is 6.07 Å². The summed E-state index contributed by atoms with van der Waals surface area (Å²) in [5, 5.41) is 0. The normalized spacial score (nSPS) is 11.4. The van der Waals surface area contributed by atoms with Crippen molar-refractivity contribution in [2.75, 3.05) is 32.6 Å². The number of likely N-dealkylation sites (N-methyl/N-ethyl adjacent to an activating group) is 2. The van der Waals surface area contributed by atoms with Crippen molar-refractivity contribution in [3.8, 4) is 5.75 Å². The smallest absolute Gasteiger partial charge is 0.243 e. The minimum Gasteiger partial charge on any atom is -0.497 e. The van der Waals surface area contributed by atoms with Crippen LogP contribution < -0.4 is 9.64 Å². The van der Waals surface area contributed by atoms with Gasteiger partial charge in [0.15, 0.2) is 0 Å². The number of hydrogen-bond donors (Lipinski definition) is 0. The van der Waals surface area contributed by atoms with E-state index in [1.807, 2.05) is 0 Å². The Labute approximate surface area is 146 Å². The number of benzene rings is 2. The van der Waals surface area contributed by atoms with E-state index in [-0.39, 0.29) is 11.4 Å². The molecular weight excluding hydrogens is 347 g/mol. The van der Waals surface area contributed by atoms with E-state index in [2.05, 4.69) is 0 Å². The summed E-state index contributed by atoms with van der Waals surface area (Å²) < 4.78 is 43.9. The highest BCUT2D eigenvalue weighted by Gasteiger charge is 2.24. The largest absolute Gasteiger partial charge is 0.497 e. The van der Waals surface area contributed by atoms with Crippen molar-refractivity contribution in [2.24, 2.45) is 0 Å². The zero-order chi connectivity index (χ0) is 18.6. The lowest BCUT2D eigenvalue weighted by atomic mass is 10.2. The molecule has 2 rings (SSSR count). The molecule has 0 fully saturated rings. The summed E-state index contributed by atoms with van der Waals surface area (Å²) in [6.07, 6.45) is 0. The number of anilines is 1. The predicted octanol–water partition coefficient (Wildman–Crippen LogP) is 2.12. The molecular formula is C17H19FN2O4S. The number of hydrogen-bond acceptors (Lipinski definition) is 4. The standard InChI is InChI=1S/C17H19FN2O4S/c1-19(25(22,23)16-9-7-13(18)8-10-16)12-17(21)20(2)14-5-4-6-15(11-14)24-3/h4-11H,12H2,1-3H3. The quantitative estimate of drug-likeness (QED) is 0.785. The van der Waals surface area contributed by atoms with Gasteiger partial charge in [-0.3, -0.25) is 4.79 Å². The lowest BCUT2D eigenvalue weighted by Gasteiger charge is -2.22. The Morgan fingerprint density at radius 1 is 1.12 bits per heavy atom. The second-order valence-electron chi connectivity index (χ2n) is 5.37.